The Morgan fingerprint density at radius 1 is 0.500 bits per heavy atom. The minimum Gasteiger partial charge on any atom is -0.0622 e. The highest BCUT2D eigenvalue weighted by atomic mass is 33.1. The smallest absolute Gasteiger partial charge is 0.0285 e. The molecule has 0 radical (unpaired) electrons. The molecular weight excluding hydrogens is 424 g/mol. The second-order valence-electron chi connectivity index (χ2n) is 7.73. The number of rotatable bonds is 0. The summed E-state index contributed by atoms with van der Waals surface area (Å²) in [5.41, 5.74) is 9.11. The van der Waals surface area contributed by atoms with Crippen molar-refractivity contribution in [2.24, 2.45) is 0 Å². The zero-order chi connectivity index (χ0) is 21.9. The van der Waals surface area contributed by atoms with Crippen molar-refractivity contribution in [1.82, 2.24) is 0 Å². The summed E-state index contributed by atoms with van der Waals surface area (Å²) in [5.74, 6) is 13.4. The second-order valence-corrected chi connectivity index (χ2v) is 9.94. The molecule has 1 aliphatic heterocycles. The first kappa shape index (κ1) is 20.6. The number of hydrogen-bond donors (Lipinski definition) is 0. The maximum absolute atomic E-state index is 3.39. The summed E-state index contributed by atoms with van der Waals surface area (Å²) < 4.78 is 0. The van der Waals surface area contributed by atoms with Crippen LogP contribution in [0.3, 0.4) is 0 Å². The molecule has 1 aliphatic rings. The Hall–Kier alpha value is -3.30. The summed E-state index contributed by atoms with van der Waals surface area (Å²) in [4.78, 5) is 2.58. The van der Waals surface area contributed by atoms with Crippen LogP contribution in [-0.4, -0.2) is 0 Å². The van der Waals surface area contributed by atoms with Gasteiger partial charge in [-0.15, -0.1) is 0 Å². The molecule has 0 saturated carbocycles. The largest absolute Gasteiger partial charge is 0.0622 e. The van der Waals surface area contributed by atoms with Crippen molar-refractivity contribution < 1.29 is 0 Å². The Labute approximate surface area is 197 Å². The molecule has 0 aliphatic carbocycles. The zero-order valence-electron chi connectivity index (χ0n) is 17.9. The Bertz CT molecular complexity index is 1310. The molecule has 0 fully saturated rings. The van der Waals surface area contributed by atoms with Gasteiger partial charge < -0.3 is 0 Å². The minimum atomic E-state index is 1.03. The van der Waals surface area contributed by atoms with E-state index >= 15 is 0 Å². The van der Waals surface area contributed by atoms with Gasteiger partial charge in [0, 0.05) is 32.0 Å². The van der Waals surface area contributed by atoms with Crippen LogP contribution in [0, 0.1) is 37.5 Å². The molecule has 5 rings (SSSR count). The molecule has 4 aromatic carbocycles. The van der Waals surface area contributed by atoms with E-state index in [-0.39, 0.29) is 0 Å². The van der Waals surface area contributed by atoms with Gasteiger partial charge in [0.05, 0.1) is 0 Å². The quantitative estimate of drug-likeness (QED) is 0.200. The lowest BCUT2D eigenvalue weighted by Gasteiger charge is -2.21. The summed E-state index contributed by atoms with van der Waals surface area (Å²) in [7, 11) is 3.65. The van der Waals surface area contributed by atoms with Crippen LogP contribution in [-0.2, 0) is 0 Å². The molecule has 4 aromatic rings. The van der Waals surface area contributed by atoms with Crippen molar-refractivity contribution in [3.63, 3.8) is 0 Å². The lowest BCUT2D eigenvalue weighted by molar-refractivity contribution is 1.29. The Balaban J connectivity index is 1.58. The van der Waals surface area contributed by atoms with E-state index in [1.165, 1.54) is 32.0 Å². The fourth-order valence-corrected chi connectivity index (χ4v) is 6.12. The molecule has 0 saturated heterocycles. The van der Waals surface area contributed by atoms with Gasteiger partial charge >= 0.3 is 0 Å². The van der Waals surface area contributed by atoms with Gasteiger partial charge in [0.15, 0.2) is 0 Å². The molecule has 0 aromatic heterocycles. The summed E-state index contributed by atoms with van der Waals surface area (Å²) in [6.45, 7) is 4.28. The molecular formula is C30H20S2. The van der Waals surface area contributed by atoms with Crippen LogP contribution in [0.5, 0.6) is 0 Å². The van der Waals surface area contributed by atoms with E-state index in [2.05, 4.69) is 61.8 Å². The summed E-state index contributed by atoms with van der Waals surface area (Å²) in [5, 5.41) is 0. The van der Waals surface area contributed by atoms with Gasteiger partial charge in [-0.05, 0) is 84.6 Å². The molecule has 0 spiro atoms. The lowest BCUT2D eigenvalue weighted by Crippen LogP contribution is -1.96. The molecule has 0 amide bonds. The standard InChI is InChI=1S/C30H20S2/c1-21-17-29-27(19-25(21)15-13-23-9-5-3-6-10-23)28-20-26(22(2)18-30(28)32-31-29)16-14-24-11-7-4-8-12-24/h3-12,17-20H,1-2H3. The average molecular weight is 445 g/mol. The van der Waals surface area contributed by atoms with Gasteiger partial charge in [0.25, 0.3) is 0 Å². The van der Waals surface area contributed by atoms with E-state index in [0.717, 1.165) is 22.3 Å². The third kappa shape index (κ3) is 4.35. The minimum absolute atomic E-state index is 1.03. The van der Waals surface area contributed by atoms with Gasteiger partial charge in [-0.3, -0.25) is 0 Å². The van der Waals surface area contributed by atoms with Crippen molar-refractivity contribution >= 4 is 21.6 Å². The Morgan fingerprint density at radius 2 is 0.906 bits per heavy atom. The van der Waals surface area contributed by atoms with Crippen LogP contribution >= 0.6 is 21.6 Å². The summed E-state index contributed by atoms with van der Waals surface area (Å²) >= 11 is 0. The van der Waals surface area contributed by atoms with E-state index in [0.29, 0.717) is 0 Å². The first-order valence-electron chi connectivity index (χ1n) is 10.5. The second kappa shape index (κ2) is 9.05. The van der Waals surface area contributed by atoms with Gasteiger partial charge in [-0.2, -0.15) is 0 Å². The maximum atomic E-state index is 3.39. The summed E-state index contributed by atoms with van der Waals surface area (Å²) in [6, 6.07) is 29.3. The van der Waals surface area contributed by atoms with Crippen molar-refractivity contribution in [3.05, 3.63) is 118 Å². The molecule has 1 heterocycles. The fraction of sp³-hybridized carbons (Fsp3) is 0.0667. The molecule has 152 valence electrons. The van der Waals surface area contributed by atoms with Crippen LogP contribution in [0.4, 0.5) is 0 Å². The van der Waals surface area contributed by atoms with Crippen LogP contribution < -0.4 is 0 Å². The maximum Gasteiger partial charge on any atom is 0.0285 e. The zero-order valence-corrected chi connectivity index (χ0v) is 19.5. The van der Waals surface area contributed by atoms with Crippen LogP contribution in [0.25, 0.3) is 11.1 Å². The summed E-state index contributed by atoms with van der Waals surface area (Å²) in [6.07, 6.45) is 0. The van der Waals surface area contributed by atoms with Crippen LogP contribution in [0.1, 0.15) is 33.4 Å². The average Bonchev–Trinajstić information content (AvgIpc) is 2.83. The predicted octanol–water partition coefficient (Wildman–Crippen LogP) is 7.88. The highest BCUT2D eigenvalue weighted by Gasteiger charge is 2.20. The normalized spacial score (nSPS) is 11.3. The molecule has 0 unspecified atom stereocenters. The lowest BCUT2D eigenvalue weighted by atomic mass is 9.96. The van der Waals surface area contributed by atoms with Crippen molar-refractivity contribution in [2.75, 3.05) is 0 Å². The van der Waals surface area contributed by atoms with E-state index in [1.807, 2.05) is 82.3 Å². The van der Waals surface area contributed by atoms with Crippen LogP contribution in [0.2, 0.25) is 0 Å². The number of aryl methyl sites for hydroxylation is 2. The third-order valence-electron chi connectivity index (χ3n) is 5.40. The highest BCUT2D eigenvalue weighted by molar-refractivity contribution is 8.76. The number of benzene rings is 4. The van der Waals surface area contributed by atoms with Gasteiger partial charge in [0.2, 0.25) is 0 Å². The first-order valence-corrected chi connectivity index (χ1v) is 12.6. The SMILES string of the molecule is Cc1cc2c(cc1C#Cc1ccccc1)-c1cc(C#Cc3ccccc3)c(C)cc1SS2. The molecule has 0 bridgehead atoms. The Morgan fingerprint density at radius 3 is 1.31 bits per heavy atom. The van der Waals surface area contributed by atoms with Gasteiger partial charge in [0.1, 0.15) is 0 Å². The molecule has 0 N–H and O–H groups in total. The van der Waals surface area contributed by atoms with E-state index in [1.54, 1.807) is 0 Å². The first-order chi connectivity index (χ1) is 15.7. The highest BCUT2D eigenvalue weighted by Crippen LogP contribution is 2.52. The monoisotopic (exact) mass is 444 g/mol. The van der Waals surface area contributed by atoms with E-state index < -0.39 is 0 Å². The molecule has 0 nitrogen and oxygen atoms in total. The van der Waals surface area contributed by atoms with Gasteiger partial charge in [-0.25, -0.2) is 0 Å². The number of hydrogen-bond acceptors (Lipinski definition) is 2. The fourth-order valence-electron chi connectivity index (χ4n) is 3.60. The van der Waals surface area contributed by atoms with E-state index in [4.69, 9.17) is 0 Å². The topological polar surface area (TPSA) is 0 Å². The predicted molar refractivity (Wildman–Crippen MR) is 138 cm³/mol. The number of fused-ring (bicyclic) bond motifs is 3. The molecule has 32 heavy (non-hydrogen) atoms. The van der Waals surface area contributed by atoms with E-state index in [9.17, 15) is 0 Å². The third-order valence-corrected chi connectivity index (χ3v) is 7.84. The van der Waals surface area contributed by atoms with Crippen molar-refractivity contribution in [1.29, 1.82) is 0 Å². The Kier molecular flexibility index (Phi) is 5.83. The molecule has 0 atom stereocenters. The van der Waals surface area contributed by atoms with Crippen LogP contribution in [0.15, 0.2) is 94.7 Å². The van der Waals surface area contributed by atoms with Gasteiger partial charge in [-0.1, -0.05) is 81.7 Å². The molecule has 2 heteroatoms. The van der Waals surface area contributed by atoms with Crippen molar-refractivity contribution in [3.8, 4) is 34.8 Å². The van der Waals surface area contributed by atoms with Crippen molar-refractivity contribution in [2.45, 2.75) is 23.6 Å².